The zero-order valence-electron chi connectivity index (χ0n) is 41.4. The van der Waals surface area contributed by atoms with Crippen LogP contribution in [0.1, 0.15) is 90.4 Å². The average Bonchev–Trinajstić information content (AvgIpc) is 4.11. The molecule has 0 saturated carbocycles. The number of piperazine rings is 1. The Hall–Kier alpha value is -8.33. The first-order valence-corrected chi connectivity index (χ1v) is 24.8. The number of hydrogen-bond acceptors (Lipinski definition) is 14. The second kappa shape index (κ2) is 23.5. The van der Waals surface area contributed by atoms with Crippen LogP contribution >= 0.6 is 0 Å². The molecule has 6 aromatic rings. The van der Waals surface area contributed by atoms with Gasteiger partial charge in [0.25, 0.3) is 17.7 Å². The number of hydrogen-bond donors (Lipinski definition) is 3. The average molecular weight is 1040 g/mol. The van der Waals surface area contributed by atoms with Crippen molar-refractivity contribution in [2.75, 3.05) is 69.8 Å². The Labute approximate surface area is 433 Å². The Morgan fingerprint density at radius 3 is 2.53 bits per heavy atom. The fourth-order valence-electron chi connectivity index (χ4n) is 9.14. The Bertz CT molecular complexity index is 3250. The summed E-state index contributed by atoms with van der Waals surface area (Å²) in [7, 11) is 0. The number of imide groups is 2. The third-order valence-electron chi connectivity index (χ3n) is 13.2. The molecular weight excluding hydrogens is 990 g/mol. The number of halogens is 3. The van der Waals surface area contributed by atoms with Crippen molar-refractivity contribution >= 4 is 52.5 Å². The summed E-state index contributed by atoms with van der Waals surface area (Å²) in [5, 5.41) is 20.5. The van der Waals surface area contributed by atoms with Gasteiger partial charge in [-0.25, -0.2) is 14.2 Å². The second-order valence-corrected chi connectivity index (χ2v) is 18.4. The molecule has 3 aliphatic rings. The van der Waals surface area contributed by atoms with Gasteiger partial charge in [-0.15, -0.1) is 5.10 Å². The maximum absolute atomic E-state index is 14.5. The van der Waals surface area contributed by atoms with Crippen molar-refractivity contribution < 1.29 is 51.4 Å². The van der Waals surface area contributed by atoms with E-state index in [1.807, 2.05) is 11.8 Å². The van der Waals surface area contributed by atoms with E-state index in [-0.39, 0.29) is 66.3 Å². The molecule has 0 bridgehead atoms. The second-order valence-electron chi connectivity index (χ2n) is 18.4. The van der Waals surface area contributed by atoms with Crippen LogP contribution in [-0.4, -0.2) is 145 Å². The molecule has 9 rings (SSSR count). The summed E-state index contributed by atoms with van der Waals surface area (Å²) in [5.74, 6) is 3.18. The molecule has 2 saturated heterocycles. The molecule has 3 aromatic heterocycles. The third kappa shape index (κ3) is 12.4. The number of aryl methyl sites for hydroxylation is 2. The Morgan fingerprint density at radius 1 is 0.908 bits per heavy atom. The van der Waals surface area contributed by atoms with E-state index in [0.717, 1.165) is 22.2 Å². The van der Waals surface area contributed by atoms with Gasteiger partial charge in [0.1, 0.15) is 11.7 Å². The molecule has 3 N–H and O–H groups in total. The maximum atomic E-state index is 14.5. The SMILES string of the molecule is Cc1ccc(C(=O)Nc2ccc(CN3CCN(C(=O)CCCc4cn(CCOCCOCCNc5cccc6c5C(=O)N(C5CCC(=O)NC5=O)C6=O)nn4)CC3)c(C(F)(F)F)c2)cc1C#Cc1cnc2cccnn12. The number of fused-ring (bicyclic) bond motifs is 2. The highest BCUT2D eigenvalue weighted by Gasteiger charge is 2.45. The molecule has 20 nitrogen and oxygen atoms in total. The van der Waals surface area contributed by atoms with Crippen LogP contribution in [0.3, 0.4) is 0 Å². The minimum atomic E-state index is -4.68. The molecule has 2 fully saturated rings. The Kier molecular flexibility index (Phi) is 16.2. The van der Waals surface area contributed by atoms with Crippen molar-refractivity contribution in [2.24, 2.45) is 0 Å². The van der Waals surface area contributed by atoms with Crippen LogP contribution in [0, 0.1) is 18.8 Å². The van der Waals surface area contributed by atoms with Crippen LogP contribution in [0.5, 0.6) is 0 Å². The fraction of sp³-hybridized carbons (Fsp3) is 0.358. The van der Waals surface area contributed by atoms with E-state index in [9.17, 15) is 41.9 Å². The van der Waals surface area contributed by atoms with E-state index in [1.54, 1.807) is 75.2 Å². The van der Waals surface area contributed by atoms with Crippen LogP contribution in [0.25, 0.3) is 5.65 Å². The molecule has 1 atom stereocenters. The van der Waals surface area contributed by atoms with Crippen LogP contribution in [0.15, 0.2) is 85.3 Å². The number of nitrogens with zero attached hydrogens (tertiary/aromatic N) is 9. The smallest absolute Gasteiger partial charge is 0.382 e. The molecular formula is C53H53F3N12O8. The van der Waals surface area contributed by atoms with Crippen LogP contribution in [-0.2, 0) is 49.5 Å². The van der Waals surface area contributed by atoms with E-state index in [1.165, 1.54) is 18.2 Å². The van der Waals surface area contributed by atoms with Gasteiger partial charge in [-0.2, -0.15) is 18.3 Å². The summed E-state index contributed by atoms with van der Waals surface area (Å²) < 4.78 is 57.9. The zero-order chi connectivity index (χ0) is 53.3. The van der Waals surface area contributed by atoms with Crippen LogP contribution < -0.4 is 16.0 Å². The molecule has 6 heterocycles. The number of carbonyl (C=O) groups excluding carboxylic acids is 6. The molecule has 76 heavy (non-hydrogen) atoms. The zero-order valence-corrected chi connectivity index (χ0v) is 41.4. The van der Waals surface area contributed by atoms with Gasteiger partial charge in [0.15, 0.2) is 5.65 Å². The lowest BCUT2D eigenvalue weighted by Gasteiger charge is -2.35. The van der Waals surface area contributed by atoms with Crippen molar-refractivity contribution in [2.45, 2.75) is 64.3 Å². The van der Waals surface area contributed by atoms with Crippen molar-refractivity contribution in [1.82, 2.24) is 49.6 Å². The van der Waals surface area contributed by atoms with E-state index in [0.29, 0.717) is 94.5 Å². The topological polar surface area (TPSA) is 228 Å². The van der Waals surface area contributed by atoms with Crippen LogP contribution in [0.2, 0.25) is 0 Å². The first kappa shape index (κ1) is 52.5. The third-order valence-corrected chi connectivity index (χ3v) is 13.2. The van der Waals surface area contributed by atoms with Gasteiger partial charge in [-0.1, -0.05) is 29.3 Å². The highest BCUT2D eigenvalue weighted by molar-refractivity contribution is 6.25. The van der Waals surface area contributed by atoms with Gasteiger partial charge in [-0.3, -0.25) is 43.9 Å². The highest BCUT2D eigenvalue weighted by atomic mass is 19.4. The lowest BCUT2D eigenvalue weighted by atomic mass is 10.0. The summed E-state index contributed by atoms with van der Waals surface area (Å²) in [6.45, 7) is 5.43. The van der Waals surface area contributed by atoms with E-state index >= 15 is 0 Å². The minimum absolute atomic E-state index is 0.000117. The Morgan fingerprint density at radius 2 is 1.72 bits per heavy atom. The van der Waals surface area contributed by atoms with Gasteiger partial charge in [0.05, 0.1) is 61.6 Å². The number of aromatic nitrogens is 6. The number of carbonyl (C=O) groups is 6. The Balaban J connectivity index is 0.650. The van der Waals surface area contributed by atoms with Gasteiger partial charge >= 0.3 is 6.18 Å². The number of rotatable bonds is 19. The lowest BCUT2D eigenvalue weighted by molar-refractivity contribution is -0.139. The minimum Gasteiger partial charge on any atom is -0.382 e. The fourth-order valence-corrected chi connectivity index (χ4v) is 9.14. The van der Waals surface area contributed by atoms with E-state index in [4.69, 9.17) is 9.47 Å². The summed E-state index contributed by atoms with van der Waals surface area (Å²) >= 11 is 0. The molecule has 1 unspecified atom stereocenters. The molecule has 6 amide bonds. The predicted molar refractivity (Wildman–Crippen MR) is 268 cm³/mol. The summed E-state index contributed by atoms with van der Waals surface area (Å²) in [4.78, 5) is 85.6. The lowest BCUT2D eigenvalue weighted by Crippen LogP contribution is -2.54. The van der Waals surface area contributed by atoms with Crippen molar-refractivity contribution in [1.29, 1.82) is 0 Å². The molecule has 23 heteroatoms. The van der Waals surface area contributed by atoms with Crippen molar-refractivity contribution in [3.05, 3.63) is 136 Å². The highest BCUT2D eigenvalue weighted by Crippen LogP contribution is 2.35. The number of amides is 6. The van der Waals surface area contributed by atoms with E-state index < -0.39 is 47.3 Å². The largest absolute Gasteiger partial charge is 0.416 e. The number of anilines is 2. The molecule has 0 aliphatic carbocycles. The van der Waals surface area contributed by atoms with Gasteiger partial charge in [-0.05, 0) is 91.8 Å². The standard InChI is InChI=1S/C53H53F3N12O8/c1-34-10-11-36(29-35(34)13-15-40-31-58-45-8-4-18-59-68(40)45)49(71)60-38-14-12-37(42(30-38)53(54,55)56)32-64-20-22-65(23-21-64)47(70)9-2-5-39-33-66(63-62-39)24-26-76-28-27-75-25-19-57-43-7-3-6-41-48(43)52(74)67(51(41)73)44-16-17-46(69)61-50(44)72/h3-4,6-8,10-12,14,18,29-31,33,44,57H,2,5,9,16-17,19-28,32H2,1H3,(H,60,71)(H,61,69,72). The van der Waals surface area contributed by atoms with Crippen molar-refractivity contribution in [3.8, 4) is 11.8 Å². The molecule has 3 aliphatic heterocycles. The molecule has 0 spiro atoms. The normalized spacial score (nSPS) is 15.9. The number of ether oxygens (including phenoxy) is 2. The molecule has 394 valence electrons. The van der Waals surface area contributed by atoms with Gasteiger partial charge in [0, 0.05) is 87.0 Å². The monoisotopic (exact) mass is 1040 g/mol. The van der Waals surface area contributed by atoms with E-state index in [2.05, 4.69) is 48.2 Å². The van der Waals surface area contributed by atoms with Gasteiger partial charge in [0.2, 0.25) is 17.7 Å². The van der Waals surface area contributed by atoms with Crippen molar-refractivity contribution in [3.63, 3.8) is 0 Å². The number of imidazole rings is 1. The summed E-state index contributed by atoms with van der Waals surface area (Å²) in [6.07, 6.45) is 1.80. The summed E-state index contributed by atoms with van der Waals surface area (Å²) in [5.41, 5.74) is 3.54. The quantitative estimate of drug-likeness (QED) is 0.0577. The van der Waals surface area contributed by atoms with Crippen LogP contribution in [0.4, 0.5) is 24.5 Å². The molecule has 0 radical (unpaired) electrons. The number of alkyl halides is 3. The number of nitrogens with one attached hydrogen (secondary N) is 3. The first-order valence-electron chi connectivity index (χ1n) is 24.8. The number of piperidine rings is 1. The maximum Gasteiger partial charge on any atom is 0.416 e. The summed E-state index contributed by atoms with van der Waals surface area (Å²) in [6, 6.07) is 16.1. The van der Waals surface area contributed by atoms with Gasteiger partial charge < -0.3 is 25.0 Å². The first-order chi connectivity index (χ1) is 36.7. The molecule has 3 aromatic carbocycles. The number of benzene rings is 3. The predicted octanol–water partition coefficient (Wildman–Crippen LogP) is 4.51.